The molecule has 1 N–H and O–H groups in total. The summed E-state index contributed by atoms with van der Waals surface area (Å²) in [5.41, 5.74) is 0. The van der Waals surface area contributed by atoms with Gasteiger partial charge < -0.3 is 28.5 Å². The zero-order valence-electron chi connectivity index (χ0n) is 62.8. The zero-order chi connectivity index (χ0) is 69.0. The van der Waals surface area contributed by atoms with Gasteiger partial charge in [-0.15, -0.1) is 0 Å². The molecule has 0 fully saturated rings. The summed E-state index contributed by atoms with van der Waals surface area (Å²) < 4.78 is 23.1. The number of carbonyl (C=O) groups excluding carboxylic acids is 2. The van der Waals surface area contributed by atoms with Crippen molar-refractivity contribution in [3.8, 4) is 0 Å². The van der Waals surface area contributed by atoms with Crippen LogP contribution in [0.1, 0.15) is 361 Å². The molecular weight excluding hydrogens is 1170 g/mol. The molecule has 0 heterocycles. The Bertz CT molecular complexity index is 1930. The molecule has 548 valence electrons. The summed E-state index contributed by atoms with van der Waals surface area (Å²) in [7, 11) is 5.99. The number of hydrogen-bond donors (Lipinski definition) is 1. The van der Waals surface area contributed by atoms with E-state index in [0.717, 1.165) is 89.9 Å². The summed E-state index contributed by atoms with van der Waals surface area (Å²) in [6.07, 6.45) is 104. The fourth-order valence-electron chi connectivity index (χ4n) is 11.4. The maximum Gasteiger partial charge on any atom is 0.361 e. The number of rotatable bonds is 74. The fraction of sp³-hybridized carbons (Fsp3) is 0.756. The molecule has 0 saturated heterocycles. The van der Waals surface area contributed by atoms with Crippen molar-refractivity contribution < 1.29 is 42.9 Å². The van der Waals surface area contributed by atoms with Crippen molar-refractivity contribution in [2.45, 2.75) is 373 Å². The van der Waals surface area contributed by atoms with Crippen LogP contribution in [0.5, 0.6) is 0 Å². The van der Waals surface area contributed by atoms with Crippen LogP contribution in [0.3, 0.4) is 0 Å². The van der Waals surface area contributed by atoms with Crippen LogP contribution in [-0.4, -0.2) is 87.4 Å². The lowest BCUT2D eigenvalue weighted by molar-refractivity contribution is -0.870. The molecule has 0 saturated carbocycles. The van der Waals surface area contributed by atoms with Crippen LogP contribution in [0.2, 0.25) is 0 Å². The summed E-state index contributed by atoms with van der Waals surface area (Å²) >= 11 is 0. The van der Waals surface area contributed by atoms with Gasteiger partial charge in [0.15, 0.2) is 6.10 Å². The van der Waals surface area contributed by atoms with Gasteiger partial charge in [-0.2, -0.15) is 0 Å². The van der Waals surface area contributed by atoms with Gasteiger partial charge in [-0.3, -0.25) is 9.59 Å². The minimum absolute atomic E-state index is 0.181. The lowest BCUT2D eigenvalue weighted by atomic mass is 10.0. The maximum atomic E-state index is 13.0. The molecule has 0 aliphatic rings. The molecular formula is C86H152NO8+. The van der Waals surface area contributed by atoms with Gasteiger partial charge in [-0.05, 0) is 103 Å². The standard InChI is InChI=1S/C86H151NO8/c1-6-8-10-12-14-16-18-20-22-24-26-28-30-32-34-36-38-39-40-41-42-43-44-45-47-49-51-53-55-57-59-61-63-65-67-69-71-73-75-77-84(89)95-82(81-94-86(85(90)91)92-79-78-87(3,4)5)80-93-83(88)76-74-72-70-68-66-64-62-60-58-56-54-52-50-48-46-37-35-33-31-29-27-25-23-21-19-17-15-13-11-9-7-2/h8,10,14,16,19-22,25-28,32,34,38-39,41-42,82,86H,6-7,9,11-13,15,17-18,23-24,29-31,33,35-37,40,43-81H2,1-5H3/p+1/b10-8-,16-14-,21-19-,22-20-,27-25-,28-26-,34-32-,39-38-,42-41-. The van der Waals surface area contributed by atoms with E-state index >= 15 is 0 Å². The number of carbonyl (C=O) groups is 3. The Kier molecular flexibility index (Phi) is 72.5. The van der Waals surface area contributed by atoms with E-state index in [1.165, 1.54) is 244 Å². The number of unbranched alkanes of at least 4 members (excludes halogenated alkanes) is 41. The van der Waals surface area contributed by atoms with E-state index in [2.05, 4.69) is 123 Å². The smallest absolute Gasteiger partial charge is 0.361 e. The number of quaternary nitrogens is 1. The molecule has 0 spiro atoms. The number of likely N-dealkylation sites (N-methyl/N-ethyl adjacent to an activating group) is 1. The number of carboxylic acids is 1. The molecule has 0 aliphatic carbocycles. The van der Waals surface area contributed by atoms with Gasteiger partial charge in [0.05, 0.1) is 34.4 Å². The van der Waals surface area contributed by atoms with Crippen LogP contribution in [0.4, 0.5) is 0 Å². The summed E-state index contributed by atoms with van der Waals surface area (Å²) in [6.45, 7) is 4.80. The Labute approximate surface area is 587 Å². The summed E-state index contributed by atoms with van der Waals surface area (Å²) in [4.78, 5) is 37.7. The SMILES string of the molecule is CC/C=C\C/C=C\C/C=C\C/C=C\C/C=C\C/C=C\C/C=C\CCCCCCCCCCCCCCCCCCCC(=O)OC(COC(=O)CCCCCCCCCCCCCCCCCCCCC/C=C\C/C=C\CCCCCCC)COC(OCC[N+](C)(C)C)C(=O)O. The molecule has 9 heteroatoms. The highest BCUT2D eigenvalue weighted by Gasteiger charge is 2.25. The first-order valence-corrected chi connectivity index (χ1v) is 40.1. The van der Waals surface area contributed by atoms with Crippen LogP contribution in [0, 0.1) is 0 Å². The average molecular weight is 1330 g/mol. The van der Waals surface area contributed by atoms with Crippen LogP contribution in [0.25, 0.3) is 0 Å². The Balaban J connectivity index is 4.02. The first-order chi connectivity index (χ1) is 46.6. The molecule has 2 atom stereocenters. The van der Waals surface area contributed by atoms with Crippen LogP contribution in [0.15, 0.2) is 109 Å². The van der Waals surface area contributed by atoms with Gasteiger partial charge in [-0.1, -0.05) is 354 Å². The van der Waals surface area contributed by atoms with E-state index in [9.17, 15) is 19.5 Å². The van der Waals surface area contributed by atoms with Gasteiger partial charge in [-0.25, -0.2) is 4.79 Å². The number of aliphatic carboxylic acids is 1. The van der Waals surface area contributed by atoms with Gasteiger partial charge in [0.25, 0.3) is 6.29 Å². The maximum absolute atomic E-state index is 13.0. The second-order valence-corrected chi connectivity index (χ2v) is 28.0. The third kappa shape index (κ3) is 77.2. The molecule has 95 heavy (non-hydrogen) atoms. The Morgan fingerprint density at radius 2 is 0.600 bits per heavy atom. The summed E-state index contributed by atoms with van der Waals surface area (Å²) in [6, 6.07) is 0. The highest BCUT2D eigenvalue weighted by atomic mass is 16.7. The minimum atomic E-state index is -1.51. The minimum Gasteiger partial charge on any atom is -0.477 e. The van der Waals surface area contributed by atoms with Crippen molar-refractivity contribution in [2.24, 2.45) is 0 Å². The number of hydrogen-bond acceptors (Lipinski definition) is 7. The van der Waals surface area contributed by atoms with Gasteiger partial charge in [0.1, 0.15) is 13.2 Å². The number of esters is 2. The molecule has 0 radical (unpaired) electrons. The van der Waals surface area contributed by atoms with Crippen LogP contribution >= 0.6 is 0 Å². The van der Waals surface area contributed by atoms with Crippen molar-refractivity contribution in [3.05, 3.63) is 109 Å². The molecule has 2 unspecified atom stereocenters. The number of allylic oxidation sites excluding steroid dienone is 18. The molecule has 0 aliphatic heterocycles. The number of nitrogens with zero attached hydrogens (tertiary/aromatic N) is 1. The van der Waals surface area contributed by atoms with Gasteiger partial charge in [0.2, 0.25) is 0 Å². The predicted octanol–water partition coefficient (Wildman–Crippen LogP) is 25.7. The molecule has 0 aromatic rings. The van der Waals surface area contributed by atoms with Crippen LogP contribution < -0.4 is 0 Å². The van der Waals surface area contributed by atoms with Crippen LogP contribution in [-0.2, 0) is 33.3 Å². The zero-order valence-corrected chi connectivity index (χ0v) is 62.8. The van der Waals surface area contributed by atoms with Crippen molar-refractivity contribution in [2.75, 3.05) is 47.5 Å². The molecule has 0 bridgehead atoms. The average Bonchev–Trinajstić information content (AvgIpc) is 2.92. The van der Waals surface area contributed by atoms with Crippen molar-refractivity contribution >= 4 is 17.9 Å². The lowest BCUT2D eigenvalue weighted by Crippen LogP contribution is -2.40. The number of carboxylic acid groups (broad SMARTS) is 1. The van der Waals surface area contributed by atoms with Gasteiger partial charge >= 0.3 is 17.9 Å². The van der Waals surface area contributed by atoms with E-state index in [1.807, 2.05) is 21.1 Å². The van der Waals surface area contributed by atoms with Crippen molar-refractivity contribution in [1.29, 1.82) is 0 Å². The Hall–Kier alpha value is -4.05. The first kappa shape index (κ1) is 91.0. The third-order valence-corrected chi connectivity index (χ3v) is 17.5. The quantitative estimate of drug-likeness (QED) is 0.0211. The normalized spacial score (nSPS) is 13.2. The molecule has 0 amide bonds. The van der Waals surface area contributed by atoms with Gasteiger partial charge in [0, 0.05) is 12.8 Å². The van der Waals surface area contributed by atoms with E-state index in [4.69, 9.17) is 18.9 Å². The van der Waals surface area contributed by atoms with Crippen molar-refractivity contribution in [1.82, 2.24) is 0 Å². The van der Waals surface area contributed by atoms with E-state index in [-0.39, 0.29) is 32.2 Å². The molecule has 0 aromatic heterocycles. The topological polar surface area (TPSA) is 108 Å². The van der Waals surface area contributed by atoms with E-state index in [1.54, 1.807) is 0 Å². The predicted molar refractivity (Wildman–Crippen MR) is 410 cm³/mol. The third-order valence-electron chi connectivity index (χ3n) is 17.5. The monoisotopic (exact) mass is 1330 g/mol. The summed E-state index contributed by atoms with van der Waals surface area (Å²) in [5, 5.41) is 9.78. The molecule has 0 rings (SSSR count). The molecule has 0 aromatic carbocycles. The highest BCUT2D eigenvalue weighted by molar-refractivity contribution is 5.71. The summed E-state index contributed by atoms with van der Waals surface area (Å²) in [5.74, 6) is -1.99. The Morgan fingerprint density at radius 1 is 0.326 bits per heavy atom. The second kappa shape index (κ2) is 75.7. The second-order valence-electron chi connectivity index (χ2n) is 28.0. The Morgan fingerprint density at radius 3 is 0.895 bits per heavy atom. The molecule has 9 nitrogen and oxygen atoms in total. The highest BCUT2D eigenvalue weighted by Crippen LogP contribution is 2.19. The first-order valence-electron chi connectivity index (χ1n) is 40.1. The van der Waals surface area contributed by atoms with E-state index < -0.39 is 24.3 Å². The van der Waals surface area contributed by atoms with E-state index in [0.29, 0.717) is 17.4 Å². The fourth-order valence-corrected chi connectivity index (χ4v) is 11.4. The van der Waals surface area contributed by atoms with Crippen molar-refractivity contribution in [3.63, 3.8) is 0 Å². The lowest BCUT2D eigenvalue weighted by Gasteiger charge is -2.25. The largest absolute Gasteiger partial charge is 0.477 e. The number of ether oxygens (including phenoxy) is 4.